The Kier molecular flexibility index (Phi) is 15.7. The number of aliphatic hydroxyl groups is 2. The number of aliphatic hydroxyl groups excluding tert-OH is 2. The Labute approximate surface area is 505 Å². The molecule has 4 aromatic carbocycles. The number of phenols is 2. The molecule has 16 heteroatoms. The van der Waals surface area contributed by atoms with E-state index in [2.05, 4.69) is 94.3 Å². The molecule has 0 aromatic heterocycles. The lowest BCUT2D eigenvalue weighted by molar-refractivity contribution is -0.141. The van der Waals surface area contributed by atoms with Crippen molar-refractivity contribution in [2.24, 2.45) is 41.2 Å². The molecule has 14 atom stereocenters. The summed E-state index contributed by atoms with van der Waals surface area (Å²) in [5, 5.41) is 58.3. The number of allylic oxidation sites excluding steroid dienone is 3. The largest absolute Gasteiger partial charge is 0.508 e. The maximum Gasteiger partial charge on any atom is 0.302 e. The number of carbonyl (C=O) groups excluding carboxylic acids is 1. The van der Waals surface area contributed by atoms with Crippen LogP contribution in [0.1, 0.15) is 120 Å². The van der Waals surface area contributed by atoms with Crippen molar-refractivity contribution in [1.82, 2.24) is 16.0 Å². The highest BCUT2D eigenvalue weighted by Gasteiger charge is 2.53. The van der Waals surface area contributed by atoms with E-state index in [1.807, 2.05) is 33.7 Å². The van der Waals surface area contributed by atoms with Crippen LogP contribution in [0.15, 0.2) is 78.0 Å². The maximum atomic E-state index is 13.5. The van der Waals surface area contributed by atoms with Crippen LogP contribution in [0.2, 0.25) is 0 Å². The number of aromatic hydroxyl groups is 2. The molecule has 0 amide bonds. The van der Waals surface area contributed by atoms with E-state index in [1.165, 1.54) is 18.9 Å². The fraction of sp³-hybridized carbons (Fsp3) is 0.493. The minimum atomic E-state index is -0.868. The molecule has 9 N–H and O–H groups in total. The highest BCUT2D eigenvalue weighted by atomic mass is 33.1. The fourth-order valence-corrected chi connectivity index (χ4v) is 19.2. The number of esters is 1. The van der Waals surface area contributed by atoms with Crippen LogP contribution < -0.4 is 35.9 Å². The maximum absolute atomic E-state index is 13.5. The van der Waals surface area contributed by atoms with E-state index in [9.17, 15) is 25.2 Å². The highest BCUT2D eigenvalue weighted by molar-refractivity contribution is 8.76. The Morgan fingerprint density at radius 1 is 0.941 bits per heavy atom. The van der Waals surface area contributed by atoms with Gasteiger partial charge in [-0.15, -0.1) is 0 Å². The SMILES string of the molecule is COCC1C2C#CC3C#CC4=C(C=CC(N)N4)C(Cc4cccc(c4)C2)C2CCC4(Cc5cc(O)cc(OCO)c5-c5ccc6c(c54)OC(c4c5c(c(O)c(c43)CNCC1CO)OC1CSSCC3CCCC(C3)NC1C=C5)C6COC(C)=O)C2. The minimum absolute atomic E-state index is 0.0146. The fourth-order valence-electron chi connectivity index (χ4n) is 16.6. The normalized spacial score (nSPS) is 31.9. The van der Waals surface area contributed by atoms with Crippen molar-refractivity contribution in [1.29, 1.82) is 0 Å². The molecule has 1 saturated heterocycles. The van der Waals surface area contributed by atoms with E-state index in [1.54, 1.807) is 13.2 Å². The monoisotopic (exact) mass is 1180 g/mol. The van der Waals surface area contributed by atoms with Gasteiger partial charge in [-0.25, -0.2) is 0 Å². The predicted molar refractivity (Wildman–Crippen MR) is 330 cm³/mol. The van der Waals surface area contributed by atoms with Gasteiger partial charge in [0.15, 0.2) is 18.3 Å². The first-order chi connectivity index (χ1) is 41.5. The zero-order chi connectivity index (χ0) is 58.1. The Bertz CT molecular complexity index is 3540. The molecular weight excluding hydrogens is 1110 g/mol. The summed E-state index contributed by atoms with van der Waals surface area (Å²) >= 11 is 0. The second kappa shape index (κ2) is 23.6. The first-order valence-electron chi connectivity index (χ1n) is 30.7. The third kappa shape index (κ3) is 10.5. The summed E-state index contributed by atoms with van der Waals surface area (Å²) in [6.45, 7) is 1.62. The minimum Gasteiger partial charge on any atom is -0.508 e. The molecule has 3 fully saturated rings. The summed E-state index contributed by atoms with van der Waals surface area (Å²) in [6.07, 6.45) is 15.7. The number of fused-ring (bicyclic) bond motifs is 14. The van der Waals surface area contributed by atoms with Gasteiger partial charge in [0.25, 0.3) is 0 Å². The number of nitrogens with one attached hydrogen (secondary N) is 3. The molecule has 6 aliphatic heterocycles. The average molecular weight is 1190 g/mol. The number of methoxy groups -OCH3 is 1. The van der Waals surface area contributed by atoms with Gasteiger partial charge in [0.2, 0.25) is 0 Å². The van der Waals surface area contributed by atoms with Crippen LogP contribution >= 0.6 is 21.6 Å². The van der Waals surface area contributed by atoms with Gasteiger partial charge < -0.3 is 65.8 Å². The van der Waals surface area contributed by atoms with Gasteiger partial charge in [-0.2, -0.15) is 0 Å². The molecule has 11 bridgehead atoms. The van der Waals surface area contributed by atoms with Gasteiger partial charge in [0, 0.05) is 114 Å². The number of carbonyl (C=O) groups is 1. The van der Waals surface area contributed by atoms with Crippen LogP contribution in [0.25, 0.3) is 17.2 Å². The van der Waals surface area contributed by atoms with Crippen LogP contribution in [-0.2, 0) is 45.5 Å². The van der Waals surface area contributed by atoms with E-state index >= 15 is 0 Å². The number of rotatable bonds is 7. The van der Waals surface area contributed by atoms with Crippen molar-refractivity contribution in [3.8, 4) is 63.6 Å². The zero-order valence-electron chi connectivity index (χ0n) is 48.3. The van der Waals surface area contributed by atoms with Gasteiger partial charge in [-0.3, -0.25) is 4.79 Å². The van der Waals surface area contributed by atoms with Gasteiger partial charge in [-0.05, 0) is 127 Å². The highest BCUT2D eigenvalue weighted by Crippen LogP contribution is 2.64. The topological polar surface area (TPSA) is 206 Å². The van der Waals surface area contributed by atoms with E-state index in [-0.39, 0.29) is 73.0 Å². The van der Waals surface area contributed by atoms with E-state index in [0.29, 0.717) is 84.1 Å². The quantitative estimate of drug-likeness (QED) is 0.0376. The van der Waals surface area contributed by atoms with Crippen LogP contribution in [0.5, 0.6) is 28.7 Å². The number of hydrogen-bond acceptors (Lipinski definition) is 16. The van der Waals surface area contributed by atoms with Crippen LogP contribution in [0, 0.1) is 59.2 Å². The molecule has 85 heavy (non-hydrogen) atoms. The van der Waals surface area contributed by atoms with Crippen molar-refractivity contribution >= 4 is 33.6 Å². The number of benzene rings is 4. The Balaban J connectivity index is 1.10. The predicted octanol–water partition coefficient (Wildman–Crippen LogP) is 8.96. The lowest BCUT2D eigenvalue weighted by Crippen LogP contribution is -2.49. The summed E-state index contributed by atoms with van der Waals surface area (Å²) in [7, 11) is 5.44. The van der Waals surface area contributed by atoms with Gasteiger partial charge in [0.05, 0.1) is 30.4 Å². The first kappa shape index (κ1) is 56.7. The Hall–Kier alpha value is -6.05. The average Bonchev–Trinajstić information content (AvgIpc) is 1.72. The van der Waals surface area contributed by atoms with Crippen LogP contribution in [-0.4, -0.2) is 103 Å². The Morgan fingerprint density at radius 2 is 1.81 bits per heavy atom. The summed E-state index contributed by atoms with van der Waals surface area (Å²) in [6, 6.07) is 16.7. The number of phenolic OH excluding ortho intramolecular Hbond substituents is 2. The molecule has 1 spiro atoms. The van der Waals surface area contributed by atoms with Gasteiger partial charge >= 0.3 is 5.97 Å². The van der Waals surface area contributed by atoms with E-state index in [4.69, 9.17) is 29.4 Å². The molecule has 4 aliphatic carbocycles. The molecule has 444 valence electrons. The number of hydrogen-bond donors (Lipinski definition) is 8. The Morgan fingerprint density at radius 3 is 2.66 bits per heavy atom. The zero-order valence-corrected chi connectivity index (χ0v) is 49.9. The summed E-state index contributed by atoms with van der Waals surface area (Å²) in [5.74, 6) is 16.5. The van der Waals surface area contributed by atoms with E-state index in [0.717, 1.165) is 94.5 Å². The van der Waals surface area contributed by atoms with E-state index < -0.39 is 42.3 Å². The molecule has 2 saturated carbocycles. The number of nitrogens with two attached hydrogens (primary N) is 1. The van der Waals surface area contributed by atoms with Crippen molar-refractivity contribution in [3.05, 3.63) is 128 Å². The molecule has 4 aromatic rings. The third-order valence-corrected chi connectivity index (χ3v) is 22.9. The summed E-state index contributed by atoms with van der Waals surface area (Å²) in [4.78, 5) is 13.3. The molecular formula is C69H76N4O10S2. The molecule has 14 unspecified atom stereocenters. The van der Waals surface area contributed by atoms with Crippen molar-refractivity contribution in [3.63, 3.8) is 0 Å². The van der Waals surface area contributed by atoms with Crippen LogP contribution in [0.4, 0.5) is 0 Å². The van der Waals surface area contributed by atoms with Crippen LogP contribution in [0.3, 0.4) is 0 Å². The summed E-state index contributed by atoms with van der Waals surface area (Å²) in [5.41, 5.74) is 17.6. The van der Waals surface area contributed by atoms with Gasteiger partial charge in [-0.1, -0.05) is 100 Å². The first-order valence-corrected chi connectivity index (χ1v) is 33.2. The number of ether oxygens (including phenoxy) is 5. The van der Waals surface area contributed by atoms with Crippen molar-refractivity contribution < 1.29 is 48.9 Å². The second-order valence-electron chi connectivity index (χ2n) is 25.5. The molecule has 14 nitrogen and oxygen atoms in total. The third-order valence-electron chi connectivity index (χ3n) is 20.4. The lowest BCUT2D eigenvalue weighted by atomic mass is 9.64. The number of dihydropyridines is 1. The summed E-state index contributed by atoms with van der Waals surface area (Å²) < 4.78 is 33.7. The van der Waals surface area contributed by atoms with Crippen molar-refractivity contribution in [2.45, 2.75) is 125 Å². The van der Waals surface area contributed by atoms with Gasteiger partial charge in [0.1, 0.15) is 42.0 Å². The molecule has 14 rings (SSSR count). The second-order valence-corrected chi connectivity index (χ2v) is 28.0. The van der Waals surface area contributed by atoms with Crippen molar-refractivity contribution in [2.75, 3.05) is 51.8 Å². The standard InChI is InChI=1S/C69H76N4O10S2/c1-37(76)80-33-55-49-12-13-50-61-44(25-47(77)26-58(61)81-36-75)28-69-20-19-43(27-69)52-24-39-6-3-5-38(21-39)22-42-10-9-41(11-16-56-48(52)15-18-60(70)73-56)62-53(30-71-29-45(31-74)54(42)32-79-2)65(78)68-51(63(62)66(55)83-67(49)64(50)69)14-17-57-59(82-68)35-85-84-34-40-7-4-8-46(23-40)72-57/h3,5-6,12-15,17-18,21,25-26,40-43,45-46,52,54-55,57,59-60,66,71-75,77-78H,4,7-8,19-20,22-24,27-36,70H2,1-2H3. The molecule has 6 heterocycles. The molecule has 0 radical (unpaired) electrons. The molecule has 10 aliphatic rings. The lowest BCUT2D eigenvalue weighted by Gasteiger charge is -2.40. The smallest absolute Gasteiger partial charge is 0.302 e.